The molecule has 0 bridgehead atoms. The molecule has 7 heteroatoms. The fraction of sp³-hybridized carbons (Fsp3) is 0.389. The Morgan fingerprint density at radius 3 is 2.52 bits per heavy atom. The van der Waals surface area contributed by atoms with Crippen LogP contribution in [0.15, 0.2) is 41.0 Å². The average molecular weight is 369 g/mol. The van der Waals surface area contributed by atoms with E-state index in [9.17, 15) is 9.18 Å². The van der Waals surface area contributed by atoms with Crippen molar-refractivity contribution in [1.29, 1.82) is 0 Å². The van der Waals surface area contributed by atoms with Crippen LogP contribution in [-0.4, -0.2) is 25.7 Å². The molecule has 0 unspecified atom stereocenters. The molecule has 0 spiro atoms. The molecule has 1 saturated heterocycles. The van der Waals surface area contributed by atoms with E-state index in [1.807, 2.05) is 0 Å². The highest BCUT2D eigenvalue weighted by Gasteiger charge is 2.35. The van der Waals surface area contributed by atoms with Gasteiger partial charge in [0.1, 0.15) is 17.8 Å². The van der Waals surface area contributed by atoms with Crippen molar-refractivity contribution >= 4 is 18.3 Å². The van der Waals surface area contributed by atoms with Crippen LogP contribution in [0.3, 0.4) is 0 Å². The lowest BCUT2D eigenvalue weighted by atomic mass is 9.74. The van der Waals surface area contributed by atoms with Gasteiger partial charge >= 0.3 is 0 Å². The Morgan fingerprint density at radius 1 is 1.24 bits per heavy atom. The molecule has 3 rings (SSSR count). The Kier molecular flexibility index (Phi) is 6.58. The van der Waals surface area contributed by atoms with Gasteiger partial charge in [0.25, 0.3) is 5.91 Å². The Bertz CT molecular complexity index is 697. The Labute approximate surface area is 152 Å². The predicted octanol–water partition coefficient (Wildman–Crippen LogP) is 2.78. The maximum Gasteiger partial charge on any atom is 0.254 e. The highest BCUT2D eigenvalue weighted by molar-refractivity contribution is 5.94. The number of benzene rings is 1. The minimum Gasteiger partial charge on any atom is -0.467 e. The van der Waals surface area contributed by atoms with E-state index in [0.717, 1.165) is 18.4 Å². The van der Waals surface area contributed by atoms with Crippen molar-refractivity contribution in [2.75, 3.05) is 19.8 Å². The molecule has 25 heavy (non-hydrogen) atoms. The van der Waals surface area contributed by atoms with Gasteiger partial charge in [-0.25, -0.2) is 4.39 Å². The largest absolute Gasteiger partial charge is 0.467 e. The number of amides is 1. The van der Waals surface area contributed by atoms with Crippen LogP contribution in [-0.2, 0) is 16.7 Å². The summed E-state index contributed by atoms with van der Waals surface area (Å²) in [6.45, 7) is 1.96. The lowest BCUT2D eigenvalue weighted by Crippen LogP contribution is -2.44. The third kappa shape index (κ3) is 4.39. The van der Waals surface area contributed by atoms with Crippen molar-refractivity contribution in [3.63, 3.8) is 0 Å². The maximum absolute atomic E-state index is 13.2. The standard InChI is InChI=1S/C18H21FN2O3.ClH/c19-15-3-1-14(2-4-15)18(5-7-23-8-6-18)12-21-17(22)13-9-16(10-20)24-11-13;/h1-4,9,11H,5-8,10,12,20H2,(H,21,22);1H. The van der Waals surface area contributed by atoms with Gasteiger partial charge < -0.3 is 20.2 Å². The van der Waals surface area contributed by atoms with Crippen molar-refractivity contribution in [1.82, 2.24) is 5.32 Å². The Balaban J connectivity index is 0.00000225. The average Bonchev–Trinajstić information content (AvgIpc) is 3.10. The van der Waals surface area contributed by atoms with Gasteiger partial charge in [-0.1, -0.05) is 12.1 Å². The van der Waals surface area contributed by atoms with Crippen LogP contribution in [0.5, 0.6) is 0 Å². The molecular formula is C18H22ClFN2O3. The van der Waals surface area contributed by atoms with Gasteiger partial charge in [-0.15, -0.1) is 12.4 Å². The van der Waals surface area contributed by atoms with E-state index in [2.05, 4.69) is 5.32 Å². The number of hydrogen-bond donors (Lipinski definition) is 2. The number of hydrogen-bond acceptors (Lipinski definition) is 4. The molecule has 1 aliphatic heterocycles. The molecule has 3 N–H and O–H groups in total. The van der Waals surface area contributed by atoms with Crippen molar-refractivity contribution < 1.29 is 18.3 Å². The Morgan fingerprint density at radius 2 is 1.92 bits per heavy atom. The molecule has 5 nitrogen and oxygen atoms in total. The molecule has 0 saturated carbocycles. The molecule has 136 valence electrons. The van der Waals surface area contributed by atoms with E-state index in [0.29, 0.717) is 31.1 Å². The molecule has 1 aliphatic rings. The number of carbonyl (C=O) groups excluding carboxylic acids is 1. The summed E-state index contributed by atoms with van der Waals surface area (Å²) in [5.74, 6) is 0.101. The third-order valence-corrected chi connectivity index (χ3v) is 4.61. The van der Waals surface area contributed by atoms with Gasteiger partial charge in [0.2, 0.25) is 0 Å². The number of rotatable bonds is 5. The normalized spacial score (nSPS) is 16.1. The summed E-state index contributed by atoms with van der Waals surface area (Å²) in [7, 11) is 0. The van der Waals surface area contributed by atoms with Gasteiger partial charge in [0.15, 0.2) is 0 Å². The molecule has 2 aromatic rings. The van der Waals surface area contributed by atoms with E-state index in [1.165, 1.54) is 18.4 Å². The highest BCUT2D eigenvalue weighted by atomic mass is 35.5. The van der Waals surface area contributed by atoms with Crippen molar-refractivity contribution in [2.24, 2.45) is 5.73 Å². The van der Waals surface area contributed by atoms with Crippen LogP contribution in [0.4, 0.5) is 4.39 Å². The summed E-state index contributed by atoms with van der Waals surface area (Å²) in [6.07, 6.45) is 2.96. The number of nitrogens with one attached hydrogen (secondary N) is 1. The molecule has 1 amide bonds. The monoisotopic (exact) mass is 368 g/mol. The molecule has 1 aromatic heterocycles. The summed E-state index contributed by atoms with van der Waals surface area (Å²) in [6, 6.07) is 8.13. The van der Waals surface area contributed by atoms with Crippen LogP contribution in [0.2, 0.25) is 0 Å². The first-order chi connectivity index (χ1) is 11.6. The van der Waals surface area contributed by atoms with Crippen LogP contribution < -0.4 is 11.1 Å². The lowest BCUT2D eigenvalue weighted by Gasteiger charge is -2.38. The highest BCUT2D eigenvalue weighted by Crippen LogP contribution is 2.34. The van der Waals surface area contributed by atoms with E-state index in [4.69, 9.17) is 14.9 Å². The van der Waals surface area contributed by atoms with Crippen molar-refractivity contribution in [3.8, 4) is 0 Å². The molecule has 0 aliphatic carbocycles. The zero-order valence-corrected chi connectivity index (χ0v) is 14.6. The first-order valence-corrected chi connectivity index (χ1v) is 8.02. The molecule has 0 atom stereocenters. The van der Waals surface area contributed by atoms with Gasteiger partial charge in [0.05, 0.1) is 12.1 Å². The topological polar surface area (TPSA) is 77.5 Å². The fourth-order valence-electron chi connectivity index (χ4n) is 3.09. The van der Waals surface area contributed by atoms with Gasteiger partial charge in [0, 0.05) is 25.2 Å². The first-order valence-electron chi connectivity index (χ1n) is 8.02. The van der Waals surface area contributed by atoms with E-state index in [1.54, 1.807) is 18.2 Å². The smallest absolute Gasteiger partial charge is 0.254 e. The Hall–Kier alpha value is -1.89. The van der Waals surface area contributed by atoms with Crippen LogP contribution >= 0.6 is 12.4 Å². The van der Waals surface area contributed by atoms with Crippen molar-refractivity contribution in [3.05, 3.63) is 59.3 Å². The summed E-state index contributed by atoms with van der Waals surface area (Å²) >= 11 is 0. The SMILES string of the molecule is Cl.NCc1cc(C(=O)NCC2(c3ccc(F)cc3)CCOCC2)co1. The zero-order chi connectivity index (χ0) is 17.0. The minimum absolute atomic E-state index is 0. The summed E-state index contributed by atoms with van der Waals surface area (Å²) in [5, 5.41) is 2.97. The van der Waals surface area contributed by atoms with Crippen LogP contribution in [0.1, 0.15) is 34.5 Å². The maximum atomic E-state index is 13.2. The summed E-state index contributed by atoms with van der Waals surface area (Å²) < 4.78 is 23.9. The number of halogens is 2. The molecule has 1 fully saturated rings. The lowest BCUT2D eigenvalue weighted by molar-refractivity contribution is 0.0487. The van der Waals surface area contributed by atoms with Crippen LogP contribution in [0, 0.1) is 5.82 Å². The third-order valence-electron chi connectivity index (χ3n) is 4.61. The van der Waals surface area contributed by atoms with Crippen molar-refractivity contribution in [2.45, 2.75) is 24.8 Å². The number of carbonyl (C=O) groups is 1. The first kappa shape index (κ1) is 19.4. The van der Waals surface area contributed by atoms with E-state index < -0.39 is 0 Å². The zero-order valence-electron chi connectivity index (χ0n) is 13.8. The van der Waals surface area contributed by atoms with Gasteiger partial charge in [-0.05, 0) is 36.6 Å². The molecule has 1 aromatic carbocycles. The fourth-order valence-corrected chi connectivity index (χ4v) is 3.09. The molecular weight excluding hydrogens is 347 g/mol. The van der Waals surface area contributed by atoms with Gasteiger partial charge in [-0.3, -0.25) is 4.79 Å². The quantitative estimate of drug-likeness (QED) is 0.850. The molecule has 0 radical (unpaired) electrons. The summed E-state index contributed by atoms with van der Waals surface area (Å²) in [4.78, 5) is 12.3. The van der Waals surface area contributed by atoms with Gasteiger partial charge in [-0.2, -0.15) is 0 Å². The molecule has 2 heterocycles. The number of nitrogens with two attached hydrogens (primary N) is 1. The summed E-state index contributed by atoms with van der Waals surface area (Å²) in [5.41, 5.74) is 6.72. The number of ether oxygens (including phenoxy) is 1. The minimum atomic E-state index is -0.266. The predicted molar refractivity (Wildman–Crippen MR) is 94.3 cm³/mol. The number of furan rings is 1. The second kappa shape index (κ2) is 8.47. The van der Waals surface area contributed by atoms with Crippen LogP contribution in [0.25, 0.3) is 0 Å². The second-order valence-electron chi connectivity index (χ2n) is 6.09. The van der Waals surface area contributed by atoms with E-state index in [-0.39, 0.29) is 36.1 Å². The van der Waals surface area contributed by atoms with E-state index >= 15 is 0 Å². The second-order valence-corrected chi connectivity index (χ2v) is 6.09.